The quantitative estimate of drug-likeness (QED) is 0.845. The molecule has 3 aliphatic rings. The fraction of sp³-hybridized carbons (Fsp3) is 0.789. The molecule has 3 heterocycles. The fourth-order valence-electron chi connectivity index (χ4n) is 5.15. The van der Waals surface area contributed by atoms with Crippen LogP contribution in [-0.2, 0) is 0 Å². The maximum absolute atomic E-state index is 12.8. The third kappa shape index (κ3) is 2.93. The molecule has 0 bridgehead atoms. The predicted octanol–water partition coefficient (Wildman–Crippen LogP) is 4.03. The van der Waals surface area contributed by atoms with E-state index in [0.29, 0.717) is 11.5 Å². The van der Waals surface area contributed by atoms with E-state index in [1.165, 1.54) is 44.9 Å². The average Bonchev–Trinajstić information content (AvgIpc) is 3.11. The summed E-state index contributed by atoms with van der Waals surface area (Å²) in [4.78, 5) is 19.3. The molecule has 1 N–H and O–H groups in total. The zero-order chi connectivity index (χ0) is 16.6. The number of rotatable bonds is 1. The molecule has 5 nitrogen and oxygen atoms in total. The van der Waals surface area contributed by atoms with Crippen LogP contribution in [0.3, 0.4) is 0 Å². The molecule has 1 spiro atoms. The van der Waals surface area contributed by atoms with Crippen LogP contribution in [0.15, 0.2) is 12.4 Å². The predicted molar refractivity (Wildman–Crippen MR) is 93.8 cm³/mol. The van der Waals surface area contributed by atoms with Crippen molar-refractivity contribution in [2.24, 2.45) is 5.41 Å². The molecule has 2 aliphatic heterocycles. The molecule has 24 heavy (non-hydrogen) atoms. The van der Waals surface area contributed by atoms with E-state index >= 15 is 0 Å². The molecule has 4 rings (SSSR count). The van der Waals surface area contributed by atoms with E-state index < -0.39 is 0 Å². The first-order valence-corrected chi connectivity index (χ1v) is 9.75. The Labute approximate surface area is 144 Å². The topological polar surface area (TPSA) is 50.2 Å². The van der Waals surface area contributed by atoms with Crippen LogP contribution in [0.4, 0.5) is 4.79 Å². The second-order valence-electron chi connectivity index (χ2n) is 8.18. The summed E-state index contributed by atoms with van der Waals surface area (Å²) < 4.78 is 2.18. The fourth-order valence-corrected chi connectivity index (χ4v) is 5.15. The van der Waals surface area contributed by atoms with Crippen LogP contribution in [0.25, 0.3) is 0 Å². The largest absolute Gasteiger partial charge is 0.330 e. The highest BCUT2D eigenvalue weighted by Gasteiger charge is 2.36. The van der Waals surface area contributed by atoms with Crippen LogP contribution in [0.5, 0.6) is 0 Å². The van der Waals surface area contributed by atoms with E-state index in [2.05, 4.69) is 26.7 Å². The lowest BCUT2D eigenvalue weighted by Gasteiger charge is -2.36. The second kappa shape index (κ2) is 6.41. The summed E-state index contributed by atoms with van der Waals surface area (Å²) in [7, 11) is 0. The zero-order valence-electron chi connectivity index (χ0n) is 14.8. The number of likely N-dealkylation sites (tertiary alicyclic amines) is 1. The van der Waals surface area contributed by atoms with Crippen molar-refractivity contribution >= 4 is 6.03 Å². The number of carbonyl (C=O) groups excluding carboxylic acids is 1. The number of carbonyl (C=O) groups is 1. The van der Waals surface area contributed by atoms with Gasteiger partial charge in [-0.1, -0.05) is 19.3 Å². The highest BCUT2D eigenvalue weighted by molar-refractivity contribution is 5.74. The summed E-state index contributed by atoms with van der Waals surface area (Å²) in [5.41, 5.74) is 0.533. The van der Waals surface area contributed by atoms with Gasteiger partial charge in [0.15, 0.2) is 0 Å². The van der Waals surface area contributed by atoms with Gasteiger partial charge >= 0.3 is 6.03 Å². The van der Waals surface area contributed by atoms with Crippen molar-refractivity contribution in [3.8, 4) is 0 Å². The Morgan fingerprint density at radius 3 is 2.79 bits per heavy atom. The average molecular weight is 330 g/mol. The van der Waals surface area contributed by atoms with Crippen LogP contribution in [0, 0.1) is 5.41 Å². The van der Waals surface area contributed by atoms with E-state index in [9.17, 15) is 4.79 Å². The van der Waals surface area contributed by atoms with Crippen LogP contribution < -0.4 is 5.32 Å². The SMILES string of the molecule is CC1CC(NC(=O)N2CCCC3(CCCCC3)CC2)c2nccn21. The number of amides is 2. The Hall–Kier alpha value is -1.52. The lowest BCUT2D eigenvalue weighted by molar-refractivity contribution is 0.157. The Morgan fingerprint density at radius 1 is 1.17 bits per heavy atom. The summed E-state index contributed by atoms with van der Waals surface area (Å²) in [6, 6.07) is 0.591. The molecule has 0 aromatic carbocycles. The Bertz CT molecular complexity index is 590. The minimum Gasteiger partial charge on any atom is -0.330 e. The molecule has 1 saturated carbocycles. The molecular formula is C19H30N4O. The maximum Gasteiger partial charge on any atom is 0.317 e. The molecule has 2 unspecified atom stereocenters. The van der Waals surface area contributed by atoms with Gasteiger partial charge in [-0.2, -0.15) is 0 Å². The van der Waals surface area contributed by atoms with Crippen molar-refractivity contribution in [1.29, 1.82) is 0 Å². The van der Waals surface area contributed by atoms with Gasteiger partial charge in [0.25, 0.3) is 0 Å². The summed E-state index contributed by atoms with van der Waals surface area (Å²) in [5.74, 6) is 1.01. The van der Waals surface area contributed by atoms with Crippen LogP contribution in [0.2, 0.25) is 0 Å². The van der Waals surface area contributed by atoms with Crippen molar-refractivity contribution in [3.63, 3.8) is 0 Å². The van der Waals surface area contributed by atoms with Gasteiger partial charge in [0.05, 0.1) is 6.04 Å². The number of nitrogens with one attached hydrogen (secondary N) is 1. The summed E-state index contributed by atoms with van der Waals surface area (Å²) in [6.45, 7) is 4.02. The highest BCUT2D eigenvalue weighted by Crippen LogP contribution is 2.44. The molecule has 2 atom stereocenters. The van der Waals surface area contributed by atoms with E-state index in [0.717, 1.165) is 31.8 Å². The Balaban J connectivity index is 1.37. The first-order valence-electron chi connectivity index (χ1n) is 9.75. The van der Waals surface area contributed by atoms with Gasteiger partial charge in [-0.05, 0) is 50.9 Å². The molecule has 1 aromatic rings. The minimum absolute atomic E-state index is 0.0643. The number of urea groups is 1. The normalized spacial score (nSPS) is 29.3. The highest BCUT2D eigenvalue weighted by atomic mass is 16.2. The van der Waals surface area contributed by atoms with E-state index in [4.69, 9.17) is 0 Å². The smallest absolute Gasteiger partial charge is 0.317 e. The van der Waals surface area contributed by atoms with Crippen molar-refractivity contribution in [3.05, 3.63) is 18.2 Å². The van der Waals surface area contributed by atoms with E-state index in [1.807, 2.05) is 12.4 Å². The molecule has 1 aliphatic carbocycles. The summed E-state index contributed by atoms with van der Waals surface area (Å²) in [5, 5.41) is 3.24. The third-order valence-electron chi connectivity index (χ3n) is 6.61. The molecule has 0 radical (unpaired) electrons. The molecule has 132 valence electrons. The summed E-state index contributed by atoms with van der Waals surface area (Å²) >= 11 is 0. The van der Waals surface area contributed by atoms with Gasteiger partial charge in [0, 0.05) is 31.5 Å². The third-order valence-corrected chi connectivity index (χ3v) is 6.61. The molecule has 1 aromatic heterocycles. The van der Waals surface area contributed by atoms with Crippen molar-refractivity contribution in [1.82, 2.24) is 19.8 Å². The minimum atomic E-state index is 0.0643. The first kappa shape index (κ1) is 16.0. The Kier molecular flexibility index (Phi) is 4.27. The van der Waals surface area contributed by atoms with Gasteiger partial charge in [-0.15, -0.1) is 0 Å². The van der Waals surface area contributed by atoms with E-state index in [-0.39, 0.29) is 12.1 Å². The summed E-state index contributed by atoms with van der Waals surface area (Å²) in [6.07, 6.45) is 15.4. The second-order valence-corrected chi connectivity index (χ2v) is 8.18. The Morgan fingerprint density at radius 2 is 1.96 bits per heavy atom. The van der Waals surface area contributed by atoms with Gasteiger partial charge in [-0.25, -0.2) is 9.78 Å². The van der Waals surface area contributed by atoms with Gasteiger partial charge in [0.1, 0.15) is 5.82 Å². The monoisotopic (exact) mass is 330 g/mol. The number of imidazole rings is 1. The lowest BCUT2D eigenvalue weighted by Crippen LogP contribution is -2.42. The zero-order valence-corrected chi connectivity index (χ0v) is 14.8. The van der Waals surface area contributed by atoms with E-state index in [1.54, 1.807) is 0 Å². The molecule has 1 saturated heterocycles. The molecule has 2 fully saturated rings. The number of hydrogen-bond acceptors (Lipinski definition) is 2. The molecular weight excluding hydrogens is 300 g/mol. The number of nitrogens with zero attached hydrogens (tertiary/aromatic N) is 3. The van der Waals surface area contributed by atoms with Gasteiger partial charge in [0.2, 0.25) is 0 Å². The number of fused-ring (bicyclic) bond motifs is 1. The number of hydrogen-bond donors (Lipinski definition) is 1. The van der Waals surface area contributed by atoms with Gasteiger partial charge < -0.3 is 14.8 Å². The van der Waals surface area contributed by atoms with Gasteiger partial charge in [-0.3, -0.25) is 0 Å². The number of aromatic nitrogens is 2. The molecule has 2 amide bonds. The van der Waals surface area contributed by atoms with Crippen molar-refractivity contribution in [2.45, 2.75) is 76.8 Å². The van der Waals surface area contributed by atoms with Crippen LogP contribution >= 0.6 is 0 Å². The van der Waals surface area contributed by atoms with Crippen LogP contribution in [-0.4, -0.2) is 33.6 Å². The van der Waals surface area contributed by atoms with Crippen molar-refractivity contribution < 1.29 is 4.79 Å². The van der Waals surface area contributed by atoms with Crippen molar-refractivity contribution in [2.75, 3.05) is 13.1 Å². The van der Waals surface area contributed by atoms with Crippen LogP contribution in [0.1, 0.15) is 82.6 Å². The first-order chi connectivity index (χ1) is 11.7. The lowest BCUT2D eigenvalue weighted by atomic mass is 9.69. The molecule has 5 heteroatoms. The standard InChI is InChI=1S/C19H30N4O/c1-15-14-16(17-20-10-13-23(15)17)21-18(24)22-11-5-8-19(9-12-22)6-3-2-4-7-19/h10,13,15-16H,2-9,11-12,14H2,1H3,(H,21,24). The maximum atomic E-state index is 12.8.